The third kappa shape index (κ3) is 4.86. The molecule has 154 valence electrons. The molecule has 2 aliphatic heterocycles. The van der Waals surface area contributed by atoms with Crippen LogP contribution in [0.1, 0.15) is 44.6 Å². The van der Waals surface area contributed by atoms with E-state index in [1.54, 1.807) is 6.33 Å². The van der Waals surface area contributed by atoms with Gasteiger partial charge in [0.1, 0.15) is 17.9 Å². The van der Waals surface area contributed by atoms with Crippen molar-refractivity contribution in [3.05, 3.63) is 42.2 Å². The van der Waals surface area contributed by atoms with E-state index in [1.165, 1.54) is 12.0 Å². The fourth-order valence-electron chi connectivity index (χ4n) is 4.20. The third-order valence-corrected chi connectivity index (χ3v) is 6.02. The molecule has 2 fully saturated rings. The van der Waals surface area contributed by atoms with Gasteiger partial charge in [0.25, 0.3) is 0 Å². The second-order valence-electron chi connectivity index (χ2n) is 7.96. The highest BCUT2D eigenvalue weighted by atomic mass is 16.5. The van der Waals surface area contributed by atoms with Crippen molar-refractivity contribution in [3.63, 3.8) is 0 Å². The Balaban J connectivity index is 1.34. The Morgan fingerprint density at radius 3 is 2.45 bits per heavy atom. The second-order valence-corrected chi connectivity index (χ2v) is 7.96. The van der Waals surface area contributed by atoms with Crippen molar-refractivity contribution in [1.29, 1.82) is 0 Å². The van der Waals surface area contributed by atoms with Crippen LogP contribution in [0.25, 0.3) is 0 Å². The van der Waals surface area contributed by atoms with E-state index in [0.29, 0.717) is 11.8 Å². The number of hydrogen-bond donors (Lipinski definition) is 0. The Morgan fingerprint density at radius 1 is 1.03 bits per heavy atom. The number of nitrogens with zero attached hydrogens (tertiary/aromatic N) is 4. The zero-order chi connectivity index (χ0) is 20.1. The first-order chi connectivity index (χ1) is 14.2. The van der Waals surface area contributed by atoms with E-state index in [1.807, 2.05) is 18.2 Å². The van der Waals surface area contributed by atoms with Crippen LogP contribution in [0.2, 0.25) is 0 Å². The van der Waals surface area contributed by atoms with Crippen LogP contribution < -0.4 is 9.64 Å². The van der Waals surface area contributed by atoms with Gasteiger partial charge in [-0.2, -0.15) is 0 Å². The minimum Gasteiger partial charge on any atom is -0.439 e. The lowest BCUT2D eigenvalue weighted by Gasteiger charge is -2.36. The molecule has 6 heteroatoms. The molecule has 0 saturated carbocycles. The van der Waals surface area contributed by atoms with Crippen LogP contribution in [0.4, 0.5) is 5.82 Å². The molecule has 0 atom stereocenters. The molecule has 0 radical (unpaired) electrons. The fourth-order valence-corrected chi connectivity index (χ4v) is 4.20. The van der Waals surface area contributed by atoms with Crippen LogP contribution in [-0.4, -0.2) is 47.0 Å². The summed E-state index contributed by atoms with van der Waals surface area (Å²) in [5.41, 5.74) is 1.28. The van der Waals surface area contributed by atoms with Crippen molar-refractivity contribution in [2.45, 2.75) is 45.4 Å². The number of ether oxygens (including phenoxy) is 1. The number of rotatable bonds is 5. The molecule has 0 bridgehead atoms. The Bertz CT molecular complexity index is 810. The predicted octanol–water partition coefficient (Wildman–Crippen LogP) is 4.06. The van der Waals surface area contributed by atoms with Crippen LogP contribution in [0.3, 0.4) is 0 Å². The summed E-state index contributed by atoms with van der Waals surface area (Å²) in [7, 11) is 0. The first-order valence-corrected chi connectivity index (χ1v) is 10.9. The molecule has 1 aromatic heterocycles. The van der Waals surface area contributed by atoms with Gasteiger partial charge in [-0.15, -0.1) is 0 Å². The minimum absolute atomic E-state index is 0.152. The number of carbonyl (C=O) groups excluding carboxylic acids is 1. The smallest absolute Gasteiger partial charge is 0.225 e. The molecule has 2 aromatic rings. The average molecular weight is 395 g/mol. The van der Waals surface area contributed by atoms with E-state index in [-0.39, 0.29) is 5.92 Å². The predicted molar refractivity (Wildman–Crippen MR) is 113 cm³/mol. The highest BCUT2D eigenvalue weighted by Gasteiger charge is 2.29. The summed E-state index contributed by atoms with van der Waals surface area (Å²) in [6, 6.07) is 9.97. The summed E-state index contributed by atoms with van der Waals surface area (Å²) >= 11 is 0. The standard InChI is InChI=1S/C23H30N4O2/c1-2-18-6-8-20(9-7-18)29-22-16-21(24-17-25-22)26-14-10-19(11-15-26)23(28)27-12-4-3-5-13-27/h6-9,16-17,19H,2-5,10-15H2,1H3. The maximum Gasteiger partial charge on any atom is 0.225 e. The van der Waals surface area contributed by atoms with E-state index in [4.69, 9.17) is 4.74 Å². The van der Waals surface area contributed by atoms with Crippen LogP contribution in [0.5, 0.6) is 11.6 Å². The molecule has 6 nitrogen and oxygen atoms in total. The molecule has 0 N–H and O–H groups in total. The number of amides is 1. The van der Waals surface area contributed by atoms with Gasteiger partial charge in [0.15, 0.2) is 0 Å². The zero-order valence-electron chi connectivity index (χ0n) is 17.2. The number of carbonyl (C=O) groups is 1. The molecule has 29 heavy (non-hydrogen) atoms. The maximum atomic E-state index is 12.8. The van der Waals surface area contributed by atoms with E-state index in [2.05, 4.69) is 38.8 Å². The maximum absolute atomic E-state index is 12.8. The number of aromatic nitrogens is 2. The van der Waals surface area contributed by atoms with Crippen LogP contribution in [-0.2, 0) is 11.2 Å². The molecule has 3 heterocycles. The van der Waals surface area contributed by atoms with Gasteiger partial charge in [0.2, 0.25) is 11.8 Å². The summed E-state index contributed by atoms with van der Waals surface area (Å²) in [6.45, 7) is 5.68. The van der Waals surface area contributed by atoms with Crippen molar-refractivity contribution in [2.24, 2.45) is 5.92 Å². The largest absolute Gasteiger partial charge is 0.439 e. The number of benzene rings is 1. The van der Waals surface area contributed by atoms with Gasteiger partial charge in [-0.3, -0.25) is 4.79 Å². The summed E-state index contributed by atoms with van der Waals surface area (Å²) in [5, 5.41) is 0. The molecule has 0 spiro atoms. The van der Waals surface area contributed by atoms with Gasteiger partial charge in [-0.05, 0) is 56.2 Å². The third-order valence-electron chi connectivity index (χ3n) is 6.02. The molecule has 1 aromatic carbocycles. The number of piperidine rings is 2. The fraction of sp³-hybridized carbons (Fsp3) is 0.522. The molecule has 2 saturated heterocycles. The number of aryl methyl sites for hydroxylation is 1. The topological polar surface area (TPSA) is 58.6 Å². The monoisotopic (exact) mass is 394 g/mol. The van der Waals surface area contributed by atoms with Crippen molar-refractivity contribution in [1.82, 2.24) is 14.9 Å². The summed E-state index contributed by atoms with van der Waals surface area (Å²) in [6.07, 6.45) is 7.88. The summed E-state index contributed by atoms with van der Waals surface area (Å²) in [5.74, 6) is 2.69. The van der Waals surface area contributed by atoms with Gasteiger partial charge >= 0.3 is 0 Å². The highest BCUT2D eigenvalue weighted by molar-refractivity contribution is 5.79. The second kappa shape index (κ2) is 9.25. The molecule has 1 amide bonds. The van der Waals surface area contributed by atoms with Crippen LogP contribution >= 0.6 is 0 Å². The number of likely N-dealkylation sites (tertiary alicyclic amines) is 1. The normalized spacial score (nSPS) is 18.0. The molecule has 0 unspecified atom stereocenters. The Kier molecular flexibility index (Phi) is 6.27. The summed E-state index contributed by atoms with van der Waals surface area (Å²) in [4.78, 5) is 25.8. The Morgan fingerprint density at radius 2 is 1.76 bits per heavy atom. The van der Waals surface area contributed by atoms with Crippen LogP contribution in [0, 0.1) is 5.92 Å². The lowest BCUT2D eigenvalue weighted by atomic mass is 9.94. The highest BCUT2D eigenvalue weighted by Crippen LogP contribution is 2.27. The van der Waals surface area contributed by atoms with Crippen molar-refractivity contribution in [2.75, 3.05) is 31.1 Å². The van der Waals surface area contributed by atoms with Gasteiger partial charge < -0.3 is 14.5 Å². The number of anilines is 1. The Hall–Kier alpha value is -2.63. The molecule has 4 rings (SSSR count). The first kappa shape index (κ1) is 19.7. The molecule has 2 aliphatic rings. The van der Waals surface area contributed by atoms with Crippen LogP contribution in [0.15, 0.2) is 36.7 Å². The van der Waals surface area contributed by atoms with E-state index in [0.717, 1.165) is 69.9 Å². The SMILES string of the molecule is CCc1ccc(Oc2cc(N3CCC(C(=O)N4CCCCC4)CC3)ncn2)cc1. The first-order valence-electron chi connectivity index (χ1n) is 10.9. The average Bonchev–Trinajstić information content (AvgIpc) is 2.80. The molecular weight excluding hydrogens is 364 g/mol. The molecular formula is C23H30N4O2. The Labute approximate surface area is 172 Å². The van der Waals surface area contributed by atoms with Gasteiger partial charge in [0, 0.05) is 38.2 Å². The van der Waals surface area contributed by atoms with E-state index < -0.39 is 0 Å². The van der Waals surface area contributed by atoms with Crippen molar-refractivity contribution in [3.8, 4) is 11.6 Å². The van der Waals surface area contributed by atoms with Gasteiger partial charge in [-0.1, -0.05) is 19.1 Å². The van der Waals surface area contributed by atoms with Gasteiger partial charge in [0.05, 0.1) is 0 Å². The molecule has 0 aliphatic carbocycles. The number of hydrogen-bond acceptors (Lipinski definition) is 5. The lowest BCUT2D eigenvalue weighted by Crippen LogP contribution is -2.44. The quantitative estimate of drug-likeness (QED) is 0.765. The van der Waals surface area contributed by atoms with Gasteiger partial charge in [-0.25, -0.2) is 9.97 Å². The van der Waals surface area contributed by atoms with Crippen molar-refractivity contribution >= 4 is 11.7 Å². The van der Waals surface area contributed by atoms with E-state index >= 15 is 0 Å². The van der Waals surface area contributed by atoms with Crippen molar-refractivity contribution < 1.29 is 9.53 Å². The van der Waals surface area contributed by atoms with E-state index in [9.17, 15) is 4.79 Å². The summed E-state index contributed by atoms with van der Waals surface area (Å²) < 4.78 is 5.91. The zero-order valence-corrected chi connectivity index (χ0v) is 17.2. The minimum atomic E-state index is 0.152. The lowest BCUT2D eigenvalue weighted by molar-refractivity contribution is -0.137.